The molecule has 0 fully saturated rings. The van der Waals surface area contributed by atoms with Crippen molar-refractivity contribution in [3.8, 4) is 6.07 Å². The molecule has 0 bridgehead atoms. The molecular formula is C10H20NO4PS. The van der Waals surface area contributed by atoms with Crippen molar-refractivity contribution in [1.29, 1.82) is 5.26 Å². The van der Waals surface area contributed by atoms with Crippen LogP contribution in [0.15, 0.2) is 0 Å². The summed E-state index contributed by atoms with van der Waals surface area (Å²) in [5.74, 6) is 0.884. The molecule has 5 nitrogen and oxygen atoms in total. The molecule has 100 valence electrons. The summed E-state index contributed by atoms with van der Waals surface area (Å²) in [6, 6.07) is 1.89. The Morgan fingerprint density at radius 1 is 1.18 bits per heavy atom. The molecule has 0 aromatic rings. The topological polar surface area (TPSA) is 68.5 Å². The van der Waals surface area contributed by atoms with Crippen LogP contribution in [0.3, 0.4) is 0 Å². The Labute approximate surface area is 108 Å². The van der Waals surface area contributed by atoms with Crippen LogP contribution in [0.5, 0.6) is 0 Å². The van der Waals surface area contributed by atoms with Crippen LogP contribution < -0.4 is 0 Å². The van der Waals surface area contributed by atoms with Crippen LogP contribution in [0.2, 0.25) is 0 Å². The summed E-state index contributed by atoms with van der Waals surface area (Å²) in [6.45, 7) is 0.394. The van der Waals surface area contributed by atoms with E-state index in [-0.39, 0.29) is 13.0 Å². The van der Waals surface area contributed by atoms with Gasteiger partial charge in [0.05, 0.1) is 25.7 Å². The van der Waals surface area contributed by atoms with Gasteiger partial charge in [0.15, 0.2) is 0 Å². The monoisotopic (exact) mass is 281 g/mol. The second kappa shape index (κ2) is 11.1. The van der Waals surface area contributed by atoms with Gasteiger partial charge in [-0.2, -0.15) is 17.9 Å². The molecule has 17 heavy (non-hydrogen) atoms. The molecular weight excluding hydrogens is 261 g/mol. The predicted octanol–water partition coefficient (Wildman–Crippen LogP) is 3.18. The summed E-state index contributed by atoms with van der Waals surface area (Å²) in [5, 5.41) is 8.32. The van der Waals surface area contributed by atoms with Gasteiger partial charge in [-0.3, -0.25) is 13.6 Å². The van der Waals surface area contributed by atoms with Crippen molar-refractivity contribution in [1.82, 2.24) is 0 Å². The third-order valence-corrected chi connectivity index (χ3v) is 3.75. The minimum atomic E-state index is -3.45. The van der Waals surface area contributed by atoms with Crippen LogP contribution in [-0.2, 0) is 18.1 Å². The van der Waals surface area contributed by atoms with Gasteiger partial charge in [-0.25, -0.2) is 4.57 Å². The number of phosphoric acid groups is 1. The number of hydrogen-bond acceptors (Lipinski definition) is 6. The summed E-state index contributed by atoms with van der Waals surface area (Å²) >= 11 is 4.11. The summed E-state index contributed by atoms with van der Waals surface area (Å²) in [4.78, 5) is 0. The fourth-order valence-corrected chi connectivity index (χ4v) is 2.27. The Morgan fingerprint density at radius 2 is 1.82 bits per heavy atom. The summed E-state index contributed by atoms with van der Waals surface area (Å²) in [5.41, 5.74) is 0. The van der Waals surface area contributed by atoms with Gasteiger partial charge in [0.1, 0.15) is 0 Å². The van der Waals surface area contributed by atoms with E-state index in [4.69, 9.17) is 18.8 Å². The first-order valence-electron chi connectivity index (χ1n) is 5.61. The van der Waals surface area contributed by atoms with Crippen LogP contribution in [0.4, 0.5) is 0 Å². The molecule has 0 aromatic heterocycles. The number of hydrogen-bond donors (Lipinski definition) is 1. The molecule has 1 atom stereocenters. The maximum atomic E-state index is 11.8. The first-order valence-corrected chi connectivity index (χ1v) is 7.70. The average Bonchev–Trinajstić information content (AvgIpc) is 2.34. The molecule has 0 radical (unpaired) electrons. The third-order valence-electron chi connectivity index (χ3n) is 1.99. The van der Waals surface area contributed by atoms with Crippen molar-refractivity contribution < 1.29 is 18.1 Å². The lowest BCUT2D eigenvalue weighted by atomic mass is 10.2. The van der Waals surface area contributed by atoms with E-state index in [1.54, 1.807) is 0 Å². The van der Waals surface area contributed by atoms with Crippen LogP contribution in [-0.4, -0.2) is 26.1 Å². The van der Waals surface area contributed by atoms with Gasteiger partial charge >= 0.3 is 7.82 Å². The lowest BCUT2D eigenvalue weighted by molar-refractivity contribution is 0.131. The Balaban J connectivity index is 3.65. The van der Waals surface area contributed by atoms with Crippen LogP contribution in [0, 0.1) is 11.3 Å². The maximum Gasteiger partial charge on any atom is 0.474 e. The van der Waals surface area contributed by atoms with Crippen molar-refractivity contribution in [2.24, 2.45) is 0 Å². The lowest BCUT2D eigenvalue weighted by Gasteiger charge is -2.14. The van der Waals surface area contributed by atoms with Crippen molar-refractivity contribution in [3.63, 3.8) is 0 Å². The average molecular weight is 281 g/mol. The largest absolute Gasteiger partial charge is 0.474 e. The van der Waals surface area contributed by atoms with E-state index in [1.165, 1.54) is 7.11 Å². The molecule has 0 aliphatic carbocycles. The number of thiol groups is 1. The highest BCUT2D eigenvalue weighted by molar-refractivity contribution is 7.80. The third kappa shape index (κ3) is 9.63. The highest BCUT2D eigenvalue weighted by Gasteiger charge is 2.23. The van der Waals surface area contributed by atoms with Crippen molar-refractivity contribution in [3.05, 3.63) is 0 Å². The van der Waals surface area contributed by atoms with E-state index in [0.717, 1.165) is 31.4 Å². The predicted molar refractivity (Wildman–Crippen MR) is 69.1 cm³/mol. The number of nitriles is 1. The molecule has 0 rings (SSSR count). The quantitative estimate of drug-likeness (QED) is 0.358. The smallest absolute Gasteiger partial charge is 0.290 e. The van der Waals surface area contributed by atoms with Gasteiger partial charge in [-0.05, 0) is 18.6 Å². The fraction of sp³-hybridized carbons (Fsp3) is 0.900. The molecule has 0 heterocycles. The van der Waals surface area contributed by atoms with Gasteiger partial charge in [0.2, 0.25) is 0 Å². The van der Waals surface area contributed by atoms with Crippen LogP contribution in [0.1, 0.15) is 32.1 Å². The number of nitrogens with zero attached hydrogens (tertiary/aromatic N) is 1. The number of unbranched alkanes of at least 4 members (excludes halogenated alkanes) is 3. The standard InChI is InChI=1S/C10H20NO4PS/c1-13-16(12,15-9-6-7-11)14-8-4-2-3-5-10-17/h17H,2-6,8-10H2,1H3. The van der Waals surface area contributed by atoms with Gasteiger partial charge in [0.25, 0.3) is 0 Å². The molecule has 0 aliphatic rings. The molecule has 0 aliphatic heterocycles. The molecule has 0 saturated carbocycles. The number of phosphoric ester groups is 1. The zero-order chi connectivity index (χ0) is 13.0. The molecule has 0 spiro atoms. The second-order valence-corrected chi connectivity index (χ2v) is 5.57. The van der Waals surface area contributed by atoms with E-state index < -0.39 is 7.82 Å². The van der Waals surface area contributed by atoms with E-state index in [9.17, 15) is 4.57 Å². The van der Waals surface area contributed by atoms with Gasteiger partial charge in [0, 0.05) is 7.11 Å². The Bertz CT molecular complexity index is 270. The van der Waals surface area contributed by atoms with E-state index >= 15 is 0 Å². The highest BCUT2D eigenvalue weighted by Crippen LogP contribution is 2.48. The molecule has 0 N–H and O–H groups in total. The van der Waals surface area contributed by atoms with Gasteiger partial charge in [-0.1, -0.05) is 12.8 Å². The Morgan fingerprint density at radius 3 is 2.41 bits per heavy atom. The Hall–Kier alpha value is -0.0500. The minimum Gasteiger partial charge on any atom is -0.290 e. The highest BCUT2D eigenvalue weighted by atomic mass is 32.1. The SMILES string of the molecule is COP(=O)(OCCC#N)OCCCCCCS. The molecule has 0 amide bonds. The fourth-order valence-electron chi connectivity index (χ4n) is 1.09. The minimum absolute atomic E-state index is 0.0568. The zero-order valence-electron chi connectivity index (χ0n) is 10.1. The number of rotatable bonds is 11. The van der Waals surface area contributed by atoms with E-state index in [1.807, 2.05) is 6.07 Å². The molecule has 0 saturated heterocycles. The Kier molecular flexibility index (Phi) is 11.0. The second-order valence-electron chi connectivity index (χ2n) is 3.34. The first kappa shape index (κ1) is 16.9. The van der Waals surface area contributed by atoms with Crippen molar-refractivity contribution in [2.75, 3.05) is 26.1 Å². The molecule has 0 aromatic carbocycles. The molecule has 7 heteroatoms. The molecule has 1 unspecified atom stereocenters. The summed E-state index contributed by atoms with van der Waals surface area (Å²) < 4.78 is 26.5. The zero-order valence-corrected chi connectivity index (χ0v) is 11.9. The van der Waals surface area contributed by atoms with Gasteiger partial charge in [-0.15, -0.1) is 0 Å². The van der Waals surface area contributed by atoms with E-state index in [0.29, 0.717) is 6.61 Å². The summed E-state index contributed by atoms with van der Waals surface area (Å²) in [6.07, 6.45) is 4.13. The normalized spacial score (nSPS) is 14.2. The van der Waals surface area contributed by atoms with E-state index in [2.05, 4.69) is 12.6 Å². The van der Waals surface area contributed by atoms with Crippen molar-refractivity contribution >= 4 is 20.5 Å². The van der Waals surface area contributed by atoms with Crippen molar-refractivity contribution in [2.45, 2.75) is 32.1 Å². The summed E-state index contributed by atoms with van der Waals surface area (Å²) in [7, 11) is -2.18. The first-order chi connectivity index (χ1) is 8.18. The van der Waals surface area contributed by atoms with Gasteiger partial charge < -0.3 is 0 Å². The maximum absolute atomic E-state index is 11.8. The van der Waals surface area contributed by atoms with Crippen LogP contribution >= 0.6 is 20.5 Å². The van der Waals surface area contributed by atoms with Crippen LogP contribution in [0.25, 0.3) is 0 Å². The lowest BCUT2D eigenvalue weighted by Crippen LogP contribution is -2.00.